The highest BCUT2D eigenvalue weighted by Gasteiger charge is 2.45. The van der Waals surface area contributed by atoms with E-state index in [2.05, 4.69) is 30.4 Å². The highest BCUT2D eigenvalue weighted by Crippen LogP contribution is 2.52. The van der Waals surface area contributed by atoms with Crippen LogP contribution < -0.4 is 0 Å². The second kappa shape index (κ2) is 4.52. The fourth-order valence-electron chi connectivity index (χ4n) is 3.78. The maximum Gasteiger partial charge on any atom is 0.293 e. The Bertz CT molecular complexity index is 392. The van der Waals surface area contributed by atoms with Crippen LogP contribution in [0.2, 0.25) is 0 Å². The van der Waals surface area contributed by atoms with E-state index in [4.69, 9.17) is 4.74 Å². The minimum Gasteiger partial charge on any atom is -0.468 e. The highest BCUT2D eigenvalue weighted by molar-refractivity contribution is 5.38. The maximum atomic E-state index is 10.4. The summed E-state index contributed by atoms with van der Waals surface area (Å²) in [7, 11) is 0. The Kier molecular flexibility index (Phi) is 2.87. The molecule has 0 amide bonds. The molecule has 0 radical (unpaired) electrons. The molecule has 2 nitrogen and oxygen atoms in total. The van der Waals surface area contributed by atoms with Gasteiger partial charge in [0.1, 0.15) is 0 Å². The molecule has 0 heterocycles. The van der Waals surface area contributed by atoms with Crippen LogP contribution in [0.15, 0.2) is 36.0 Å². The number of allylic oxidation sites excluding steroid dienone is 6. The Hall–Kier alpha value is -1.31. The van der Waals surface area contributed by atoms with Gasteiger partial charge in [-0.25, -0.2) is 0 Å². The van der Waals surface area contributed by atoms with E-state index in [-0.39, 0.29) is 0 Å². The van der Waals surface area contributed by atoms with E-state index in [1.54, 1.807) is 5.57 Å². The second-order valence-electron chi connectivity index (χ2n) is 5.21. The molecule has 0 bridgehead atoms. The number of carbonyl (C=O) groups is 1. The fraction of sp³-hybridized carbons (Fsp3) is 0.533. The third kappa shape index (κ3) is 1.76. The Morgan fingerprint density at radius 2 is 2.24 bits per heavy atom. The molecule has 4 unspecified atom stereocenters. The molecule has 3 aliphatic rings. The lowest BCUT2D eigenvalue weighted by Crippen LogP contribution is -2.22. The second-order valence-corrected chi connectivity index (χ2v) is 5.21. The zero-order chi connectivity index (χ0) is 11.7. The number of fused-ring (bicyclic) bond motifs is 3. The molecule has 3 aliphatic carbocycles. The average molecular weight is 230 g/mol. The van der Waals surface area contributed by atoms with Crippen molar-refractivity contribution >= 4 is 6.47 Å². The van der Waals surface area contributed by atoms with Gasteiger partial charge < -0.3 is 4.74 Å². The molecule has 3 rings (SSSR count). The maximum absolute atomic E-state index is 10.4. The van der Waals surface area contributed by atoms with Crippen LogP contribution >= 0.6 is 0 Å². The van der Waals surface area contributed by atoms with E-state index < -0.39 is 0 Å². The molecule has 0 saturated heterocycles. The molecule has 4 atom stereocenters. The van der Waals surface area contributed by atoms with Crippen LogP contribution in [-0.2, 0) is 9.53 Å². The van der Waals surface area contributed by atoms with Gasteiger partial charge in [0.05, 0.1) is 6.61 Å². The largest absolute Gasteiger partial charge is 0.468 e. The van der Waals surface area contributed by atoms with Crippen LogP contribution in [0, 0.1) is 23.7 Å². The summed E-state index contributed by atoms with van der Waals surface area (Å²) in [6.45, 7) is 1.16. The van der Waals surface area contributed by atoms with Gasteiger partial charge >= 0.3 is 0 Å². The number of hydrogen-bond acceptors (Lipinski definition) is 2. The first kappa shape index (κ1) is 10.8. The highest BCUT2D eigenvalue weighted by atomic mass is 16.5. The first-order chi connectivity index (χ1) is 8.42. The molecule has 0 spiro atoms. The third-order valence-corrected chi connectivity index (χ3v) is 4.46. The van der Waals surface area contributed by atoms with Crippen molar-refractivity contribution in [1.82, 2.24) is 0 Å². The molecule has 90 valence electrons. The minimum atomic E-state index is 0.484. The van der Waals surface area contributed by atoms with E-state index in [1.165, 1.54) is 19.3 Å². The summed E-state index contributed by atoms with van der Waals surface area (Å²) >= 11 is 0. The molecule has 0 aromatic rings. The molecular weight excluding hydrogens is 212 g/mol. The van der Waals surface area contributed by atoms with Crippen molar-refractivity contribution < 1.29 is 9.53 Å². The summed E-state index contributed by atoms with van der Waals surface area (Å²) in [5.74, 6) is 2.21. The van der Waals surface area contributed by atoms with Crippen LogP contribution in [0.25, 0.3) is 0 Å². The normalized spacial score (nSPS) is 38.2. The molecule has 1 fully saturated rings. The summed E-state index contributed by atoms with van der Waals surface area (Å²) in [5.41, 5.74) is 1.60. The molecule has 17 heavy (non-hydrogen) atoms. The van der Waals surface area contributed by atoms with Crippen LogP contribution in [-0.4, -0.2) is 13.1 Å². The molecule has 1 saturated carbocycles. The summed E-state index contributed by atoms with van der Waals surface area (Å²) in [6.07, 6.45) is 15.1. The van der Waals surface area contributed by atoms with Crippen molar-refractivity contribution in [3.8, 4) is 0 Å². The summed E-state index contributed by atoms with van der Waals surface area (Å²) < 4.78 is 5.05. The van der Waals surface area contributed by atoms with Gasteiger partial charge in [-0.05, 0) is 31.1 Å². The lowest BCUT2D eigenvalue weighted by Gasteiger charge is -2.24. The summed E-state index contributed by atoms with van der Waals surface area (Å²) in [4.78, 5) is 10.4. The van der Waals surface area contributed by atoms with Gasteiger partial charge in [-0.2, -0.15) is 0 Å². The fourth-order valence-corrected chi connectivity index (χ4v) is 3.78. The molecule has 0 aliphatic heterocycles. The van der Waals surface area contributed by atoms with Crippen molar-refractivity contribution in [3.63, 3.8) is 0 Å². The van der Waals surface area contributed by atoms with Gasteiger partial charge in [0.2, 0.25) is 0 Å². The van der Waals surface area contributed by atoms with Crippen molar-refractivity contribution in [2.75, 3.05) is 6.61 Å². The smallest absolute Gasteiger partial charge is 0.293 e. The van der Waals surface area contributed by atoms with Crippen molar-refractivity contribution in [2.45, 2.75) is 19.3 Å². The van der Waals surface area contributed by atoms with Gasteiger partial charge in [-0.3, -0.25) is 4.79 Å². The lowest BCUT2D eigenvalue weighted by molar-refractivity contribution is -0.130. The van der Waals surface area contributed by atoms with Crippen LogP contribution in [0.4, 0.5) is 0 Å². The monoisotopic (exact) mass is 230 g/mol. The molecule has 2 heteroatoms. The first-order valence-corrected chi connectivity index (χ1v) is 6.52. The minimum absolute atomic E-state index is 0.484. The number of hydrogen-bond donors (Lipinski definition) is 0. The number of carbonyl (C=O) groups excluding carboxylic acids is 1. The van der Waals surface area contributed by atoms with Crippen molar-refractivity contribution in [2.24, 2.45) is 23.7 Å². The zero-order valence-electron chi connectivity index (χ0n) is 9.92. The summed E-state index contributed by atoms with van der Waals surface area (Å²) in [6, 6.07) is 0. The molecule has 0 aromatic carbocycles. The Labute approximate surface area is 102 Å². The SMILES string of the molecule is O=COCC1C2CCCC=C2C2C=CC=CC21. The lowest BCUT2D eigenvalue weighted by atomic mass is 9.83. The quantitative estimate of drug-likeness (QED) is 0.550. The topological polar surface area (TPSA) is 26.3 Å². The van der Waals surface area contributed by atoms with Gasteiger partial charge in [0.15, 0.2) is 0 Å². The number of ether oxygens (including phenoxy) is 1. The predicted octanol–water partition coefficient (Wildman–Crippen LogP) is 2.87. The standard InChI is InChI=1S/C15H18O2/c16-10-17-9-15-13-7-3-1-5-11(13)12-6-2-4-8-14(12)15/h1,3,5-7,10-11,13-15H,2,4,8-9H2. The van der Waals surface area contributed by atoms with E-state index >= 15 is 0 Å². The number of rotatable bonds is 3. The van der Waals surface area contributed by atoms with E-state index in [0.717, 1.165) is 0 Å². The zero-order valence-corrected chi connectivity index (χ0v) is 9.92. The third-order valence-electron chi connectivity index (χ3n) is 4.46. The van der Waals surface area contributed by atoms with E-state index in [1.807, 2.05) is 0 Å². The van der Waals surface area contributed by atoms with Gasteiger partial charge in [0.25, 0.3) is 6.47 Å². The Balaban J connectivity index is 1.89. The molecule has 0 N–H and O–H groups in total. The Morgan fingerprint density at radius 3 is 3.12 bits per heavy atom. The van der Waals surface area contributed by atoms with Crippen molar-refractivity contribution in [3.05, 3.63) is 36.0 Å². The van der Waals surface area contributed by atoms with Crippen LogP contribution in [0.3, 0.4) is 0 Å². The van der Waals surface area contributed by atoms with E-state index in [9.17, 15) is 4.79 Å². The summed E-state index contributed by atoms with van der Waals surface area (Å²) in [5, 5.41) is 0. The molecule has 0 aromatic heterocycles. The van der Waals surface area contributed by atoms with Gasteiger partial charge in [-0.15, -0.1) is 0 Å². The predicted molar refractivity (Wildman–Crippen MR) is 66.2 cm³/mol. The van der Waals surface area contributed by atoms with E-state index in [0.29, 0.717) is 36.8 Å². The van der Waals surface area contributed by atoms with Crippen molar-refractivity contribution in [1.29, 1.82) is 0 Å². The molecular formula is C15H18O2. The van der Waals surface area contributed by atoms with Gasteiger partial charge in [0, 0.05) is 11.8 Å². The Morgan fingerprint density at radius 1 is 1.35 bits per heavy atom. The first-order valence-electron chi connectivity index (χ1n) is 6.52. The van der Waals surface area contributed by atoms with Gasteiger partial charge in [-0.1, -0.05) is 36.0 Å². The average Bonchev–Trinajstić information content (AvgIpc) is 2.71. The van der Waals surface area contributed by atoms with Crippen LogP contribution in [0.1, 0.15) is 19.3 Å². The van der Waals surface area contributed by atoms with Crippen LogP contribution in [0.5, 0.6) is 0 Å².